The molecule has 0 saturated heterocycles. The van der Waals surface area contributed by atoms with Gasteiger partial charge in [0.05, 0.1) is 19.2 Å². The minimum Gasteiger partial charge on any atom is -0.495 e. The second-order valence-corrected chi connectivity index (χ2v) is 4.03. The minimum atomic E-state index is -0.192. The van der Waals surface area contributed by atoms with Crippen molar-refractivity contribution in [3.8, 4) is 5.75 Å². The van der Waals surface area contributed by atoms with E-state index >= 15 is 0 Å². The maximum absolute atomic E-state index is 11.6. The van der Waals surface area contributed by atoms with Gasteiger partial charge in [-0.15, -0.1) is 0 Å². The van der Waals surface area contributed by atoms with Gasteiger partial charge in [0, 0.05) is 20.0 Å². The van der Waals surface area contributed by atoms with E-state index in [2.05, 4.69) is 10.6 Å². The molecule has 0 atom stereocenters. The van der Waals surface area contributed by atoms with Crippen molar-refractivity contribution < 1.29 is 14.3 Å². The van der Waals surface area contributed by atoms with Crippen molar-refractivity contribution in [1.29, 1.82) is 0 Å². The van der Waals surface area contributed by atoms with E-state index in [1.54, 1.807) is 18.2 Å². The van der Waals surface area contributed by atoms with Gasteiger partial charge in [0.25, 0.3) is 0 Å². The van der Waals surface area contributed by atoms with E-state index in [4.69, 9.17) is 10.5 Å². The molecular weight excluding hydrogens is 246 g/mol. The van der Waals surface area contributed by atoms with Crippen molar-refractivity contribution in [3.05, 3.63) is 23.8 Å². The van der Waals surface area contributed by atoms with Gasteiger partial charge >= 0.3 is 0 Å². The molecule has 0 aromatic heterocycles. The molecule has 1 aromatic carbocycles. The molecule has 104 valence electrons. The molecule has 0 aliphatic carbocycles. The van der Waals surface area contributed by atoms with E-state index in [1.807, 2.05) is 0 Å². The van der Waals surface area contributed by atoms with Gasteiger partial charge in [0.15, 0.2) is 0 Å². The number of amides is 2. The Morgan fingerprint density at radius 3 is 2.68 bits per heavy atom. The Morgan fingerprint density at radius 2 is 2.11 bits per heavy atom. The Balaban J connectivity index is 2.79. The van der Waals surface area contributed by atoms with Crippen LogP contribution in [0.4, 0.5) is 5.69 Å². The summed E-state index contributed by atoms with van der Waals surface area (Å²) in [6, 6.07) is 5.23. The Morgan fingerprint density at radius 1 is 1.37 bits per heavy atom. The summed E-state index contributed by atoms with van der Waals surface area (Å²) < 4.78 is 5.14. The number of hydrogen-bond donors (Lipinski definition) is 3. The third-order valence-electron chi connectivity index (χ3n) is 2.41. The lowest BCUT2D eigenvalue weighted by Crippen LogP contribution is -2.30. The summed E-state index contributed by atoms with van der Waals surface area (Å²) in [5.74, 6) is 0.258. The molecule has 2 amide bonds. The number of hydrogen-bond acceptors (Lipinski definition) is 4. The standard InChI is InChI=1S/C13H19N3O3/c1-9(17)16-11-7-10(3-4-12(11)19-2)8-13(18)15-6-5-14/h3-4,7H,5-6,8,14H2,1-2H3,(H,15,18)(H,16,17). The molecule has 0 saturated carbocycles. The number of carbonyl (C=O) groups is 2. The number of carbonyl (C=O) groups excluding carboxylic acids is 2. The maximum Gasteiger partial charge on any atom is 0.224 e. The van der Waals surface area contributed by atoms with Crippen LogP contribution >= 0.6 is 0 Å². The Kier molecular flexibility index (Phi) is 5.81. The minimum absolute atomic E-state index is 0.107. The second-order valence-electron chi connectivity index (χ2n) is 4.03. The van der Waals surface area contributed by atoms with Crippen LogP contribution in [0.25, 0.3) is 0 Å². The first-order valence-corrected chi connectivity index (χ1v) is 5.98. The van der Waals surface area contributed by atoms with Crippen LogP contribution in [0, 0.1) is 0 Å². The normalized spacial score (nSPS) is 9.84. The molecule has 0 aliphatic rings. The fourth-order valence-electron chi connectivity index (χ4n) is 1.61. The zero-order chi connectivity index (χ0) is 14.3. The first kappa shape index (κ1) is 15.0. The fourth-order valence-corrected chi connectivity index (χ4v) is 1.61. The molecule has 0 fully saturated rings. The van der Waals surface area contributed by atoms with Crippen LogP contribution in [-0.4, -0.2) is 32.0 Å². The number of anilines is 1. The summed E-state index contributed by atoms with van der Waals surface area (Å²) in [7, 11) is 1.52. The molecule has 6 heteroatoms. The third-order valence-corrected chi connectivity index (χ3v) is 2.41. The van der Waals surface area contributed by atoms with Crippen molar-refractivity contribution in [2.24, 2.45) is 5.73 Å². The monoisotopic (exact) mass is 265 g/mol. The summed E-state index contributed by atoms with van der Waals surface area (Å²) in [6.45, 7) is 2.28. The summed E-state index contributed by atoms with van der Waals surface area (Å²) >= 11 is 0. The van der Waals surface area contributed by atoms with Crippen LogP contribution in [0.2, 0.25) is 0 Å². The summed E-state index contributed by atoms with van der Waals surface area (Å²) in [4.78, 5) is 22.7. The lowest BCUT2D eigenvalue weighted by atomic mass is 10.1. The first-order valence-electron chi connectivity index (χ1n) is 5.98. The predicted octanol–water partition coefficient (Wildman–Crippen LogP) is 0.271. The topological polar surface area (TPSA) is 93.4 Å². The average Bonchev–Trinajstić information content (AvgIpc) is 2.36. The van der Waals surface area contributed by atoms with Crippen LogP contribution in [0.1, 0.15) is 12.5 Å². The zero-order valence-electron chi connectivity index (χ0n) is 11.2. The molecule has 0 spiro atoms. The van der Waals surface area contributed by atoms with Gasteiger partial charge in [0.1, 0.15) is 5.75 Å². The van der Waals surface area contributed by atoms with Crippen molar-refractivity contribution in [2.45, 2.75) is 13.3 Å². The molecule has 1 rings (SSSR count). The van der Waals surface area contributed by atoms with E-state index in [0.29, 0.717) is 24.5 Å². The average molecular weight is 265 g/mol. The summed E-state index contributed by atoms with van der Waals surface area (Å²) in [5.41, 5.74) is 6.65. The van der Waals surface area contributed by atoms with Crippen LogP contribution in [0.15, 0.2) is 18.2 Å². The van der Waals surface area contributed by atoms with Crippen LogP contribution in [0.5, 0.6) is 5.75 Å². The van der Waals surface area contributed by atoms with E-state index in [-0.39, 0.29) is 18.2 Å². The lowest BCUT2D eigenvalue weighted by Gasteiger charge is -2.11. The third kappa shape index (κ3) is 4.97. The highest BCUT2D eigenvalue weighted by Gasteiger charge is 2.08. The molecule has 0 unspecified atom stereocenters. The summed E-state index contributed by atoms with van der Waals surface area (Å²) in [6.07, 6.45) is 0.233. The number of methoxy groups -OCH3 is 1. The Labute approximate surface area is 112 Å². The SMILES string of the molecule is COc1ccc(CC(=O)NCCN)cc1NC(C)=O. The summed E-state index contributed by atoms with van der Waals surface area (Å²) in [5, 5.41) is 5.35. The molecule has 0 bridgehead atoms. The van der Waals surface area contributed by atoms with Gasteiger partial charge in [-0.3, -0.25) is 9.59 Å². The fraction of sp³-hybridized carbons (Fsp3) is 0.385. The number of nitrogens with one attached hydrogen (secondary N) is 2. The molecule has 0 radical (unpaired) electrons. The van der Waals surface area contributed by atoms with E-state index in [0.717, 1.165) is 5.56 Å². The van der Waals surface area contributed by atoms with Crippen LogP contribution in [0.3, 0.4) is 0 Å². The van der Waals surface area contributed by atoms with Gasteiger partial charge in [0.2, 0.25) is 11.8 Å². The smallest absolute Gasteiger partial charge is 0.224 e. The molecule has 0 aliphatic heterocycles. The van der Waals surface area contributed by atoms with Gasteiger partial charge in [-0.25, -0.2) is 0 Å². The number of nitrogens with two attached hydrogens (primary N) is 1. The second kappa shape index (κ2) is 7.38. The van der Waals surface area contributed by atoms with Gasteiger partial charge in [-0.1, -0.05) is 6.07 Å². The van der Waals surface area contributed by atoms with Gasteiger partial charge in [-0.2, -0.15) is 0 Å². The van der Waals surface area contributed by atoms with E-state index in [1.165, 1.54) is 14.0 Å². The molecule has 6 nitrogen and oxygen atoms in total. The highest BCUT2D eigenvalue weighted by molar-refractivity contribution is 5.90. The van der Waals surface area contributed by atoms with Crippen molar-refractivity contribution in [3.63, 3.8) is 0 Å². The molecular formula is C13H19N3O3. The van der Waals surface area contributed by atoms with Gasteiger partial charge in [-0.05, 0) is 17.7 Å². The number of benzene rings is 1. The van der Waals surface area contributed by atoms with Crippen molar-refractivity contribution in [1.82, 2.24) is 5.32 Å². The molecule has 1 aromatic rings. The van der Waals surface area contributed by atoms with Crippen LogP contribution < -0.4 is 21.1 Å². The number of ether oxygens (including phenoxy) is 1. The van der Waals surface area contributed by atoms with E-state index < -0.39 is 0 Å². The molecule has 0 heterocycles. The largest absolute Gasteiger partial charge is 0.495 e. The Bertz CT molecular complexity index is 460. The number of rotatable bonds is 6. The van der Waals surface area contributed by atoms with Gasteiger partial charge < -0.3 is 21.1 Å². The highest BCUT2D eigenvalue weighted by atomic mass is 16.5. The quantitative estimate of drug-likeness (QED) is 0.688. The van der Waals surface area contributed by atoms with Crippen molar-refractivity contribution >= 4 is 17.5 Å². The first-order chi connectivity index (χ1) is 9.06. The van der Waals surface area contributed by atoms with Crippen LogP contribution in [-0.2, 0) is 16.0 Å². The van der Waals surface area contributed by atoms with Crippen molar-refractivity contribution in [2.75, 3.05) is 25.5 Å². The lowest BCUT2D eigenvalue weighted by molar-refractivity contribution is -0.120. The highest BCUT2D eigenvalue weighted by Crippen LogP contribution is 2.25. The molecule has 19 heavy (non-hydrogen) atoms. The molecule has 4 N–H and O–H groups in total. The zero-order valence-corrected chi connectivity index (χ0v) is 11.2. The van der Waals surface area contributed by atoms with E-state index in [9.17, 15) is 9.59 Å². The Hall–Kier alpha value is -2.08. The predicted molar refractivity (Wildman–Crippen MR) is 73.1 cm³/mol. The maximum atomic E-state index is 11.6.